The fraction of sp³-hybridized carbons (Fsp3) is 0.692. The van der Waals surface area contributed by atoms with Crippen molar-refractivity contribution in [3.63, 3.8) is 0 Å². The molecule has 0 aromatic rings. The Labute approximate surface area is 151 Å². The highest BCUT2D eigenvalue weighted by atomic mass is 32.2. The Morgan fingerprint density at radius 2 is 1.63 bits per heavy atom. The lowest BCUT2D eigenvalue weighted by molar-refractivity contribution is -0.348. The zero-order chi connectivity index (χ0) is 21.9. The number of carbonyl (C=O) groups is 2. The van der Waals surface area contributed by atoms with Gasteiger partial charge in [-0.3, -0.25) is 4.79 Å². The Hall–Kier alpha value is -1.80. The molecule has 1 atom stereocenters. The van der Waals surface area contributed by atoms with Crippen LogP contribution in [-0.2, 0) is 29.2 Å². The minimum absolute atomic E-state index is 0.255. The lowest BCUT2D eigenvalue weighted by Gasteiger charge is -2.35. The molecular weight excluding hydrogens is 409 g/mol. The highest BCUT2D eigenvalue weighted by Crippen LogP contribution is 2.37. The van der Waals surface area contributed by atoms with Crippen LogP contribution < -0.4 is 5.32 Å². The first kappa shape index (κ1) is 25.2. The van der Waals surface area contributed by atoms with E-state index >= 15 is 0 Å². The summed E-state index contributed by atoms with van der Waals surface area (Å²) in [5.41, 5.74) is -1.29. The zero-order valence-electron chi connectivity index (χ0n) is 14.4. The number of ether oxygens (including phenoxy) is 2. The van der Waals surface area contributed by atoms with E-state index in [1.165, 1.54) is 20.8 Å². The van der Waals surface area contributed by atoms with Gasteiger partial charge in [-0.2, -0.15) is 22.0 Å². The Morgan fingerprint density at radius 3 is 1.96 bits per heavy atom. The maximum atomic E-state index is 13.5. The number of hydrogen-bond acceptors (Lipinski definition) is 7. The van der Waals surface area contributed by atoms with E-state index in [1.54, 1.807) is 0 Å². The van der Waals surface area contributed by atoms with E-state index in [1.807, 2.05) is 5.32 Å². The molecule has 14 heteroatoms. The fourth-order valence-electron chi connectivity index (χ4n) is 1.45. The van der Waals surface area contributed by atoms with Crippen molar-refractivity contribution >= 4 is 22.0 Å². The van der Waals surface area contributed by atoms with E-state index in [4.69, 9.17) is 0 Å². The standard InChI is InChI=1S/C13H18F5NO7S/c1-5-8(20)26-12(13(16,17)18,9(21)19-10(2,3)4)25-7-6-11(14,15)27(22,23)24/h5H,1,6-7H2,2-4H3,(H,19,21)(H,22,23,24)/p-1. The molecule has 0 heterocycles. The molecule has 0 aliphatic heterocycles. The molecule has 0 aliphatic carbocycles. The highest BCUT2D eigenvalue weighted by molar-refractivity contribution is 7.86. The average molecular weight is 426 g/mol. The second kappa shape index (κ2) is 8.06. The van der Waals surface area contributed by atoms with Crippen LogP contribution in [-0.4, -0.2) is 54.2 Å². The van der Waals surface area contributed by atoms with E-state index in [2.05, 4.69) is 16.1 Å². The molecule has 0 aromatic carbocycles. The van der Waals surface area contributed by atoms with Crippen LogP contribution in [0.2, 0.25) is 0 Å². The number of alkyl halides is 5. The molecule has 0 bridgehead atoms. The average Bonchev–Trinajstić information content (AvgIpc) is 2.41. The van der Waals surface area contributed by atoms with Gasteiger partial charge in [0.2, 0.25) is 0 Å². The number of hydrogen-bond donors (Lipinski definition) is 1. The lowest BCUT2D eigenvalue weighted by Crippen LogP contribution is -2.64. The van der Waals surface area contributed by atoms with E-state index in [0.29, 0.717) is 0 Å². The second-order valence-corrected chi connectivity index (χ2v) is 7.64. The maximum Gasteiger partial charge on any atom is 0.466 e. The minimum Gasteiger partial charge on any atom is -0.743 e. The molecule has 0 spiro atoms. The van der Waals surface area contributed by atoms with E-state index in [0.717, 1.165) is 0 Å². The largest absolute Gasteiger partial charge is 0.743 e. The number of nitrogens with one attached hydrogen (secondary N) is 1. The predicted molar refractivity (Wildman–Crippen MR) is 78.2 cm³/mol. The van der Waals surface area contributed by atoms with Gasteiger partial charge in [0.25, 0.3) is 0 Å². The van der Waals surface area contributed by atoms with E-state index in [9.17, 15) is 44.5 Å². The normalized spacial score (nSPS) is 15.6. The van der Waals surface area contributed by atoms with Crippen LogP contribution in [0.3, 0.4) is 0 Å². The molecule has 0 fully saturated rings. The summed E-state index contributed by atoms with van der Waals surface area (Å²) in [6.07, 6.45) is -7.53. The molecule has 0 aromatic heterocycles. The third kappa shape index (κ3) is 6.70. The van der Waals surface area contributed by atoms with Crippen LogP contribution in [0.5, 0.6) is 0 Å². The number of rotatable bonds is 8. The Balaban J connectivity index is 5.91. The molecular formula is C13H17F5NO7S-. The first-order valence-electron chi connectivity index (χ1n) is 7.01. The molecule has 1 N–H and O–H groups in total. The molecule has 8 nitrogen and oxygen atoms in total. The lowest BCUT2D eigenvalue weighted by atomic mass is 10.1. The van der Waals surface area contributed by atoms with Crippen molar-refractivity contribution in [1.29, 1.82) is 0 Å². The predicted octanol–water partition coefficient (Wildman–Crippen LogP) is 1.43. The quantitative estimate of drug-likeness (QED) is 0.205. The molecule has 0 radical (unpaired) electrons. The molecule has 0 rings (SSSR count). The van der Waals surface area contributed by atoms with Crippen molar-refractivity contribution in [3.8, 4) is 0 Å². The van der Waals surface area contributed by atoms with Crippen LogP contribution in [0.4, 0.5) is 22.0 Å². The van der Waals surface area contributed by atoms with Crippen LogP contribution in [0.15, 0.2) is 12.7 Å². The molecule has 0 saturated carbocycles. The fourth-order valence-corrected chi connectivity index (χ4v) is 1.79. The number of esters is 1. The van der Waals surface area contributed by atoms with Gasteiger partial charge < -0.3 is 19.3 Å². The second-order valence-electron chi connectivity index (χ2n) is 6.13. The van der Waals surface area contributed by atoms with E-state index < -0.39 is 57.8 Å². The summed E-state index contributed by atoms with van der Waals surface area (Å²) in [4.78, 5) is 23.4. The van der Waals surface area contributed by atoms with Crippen LogP contribution in [0.25, 0.3) is 0 Å². The third-order valence-corrected chi connectivity index (χ3v) is 3.57. The van der Waals surface area contributed by atoms with Crippen molar-refractivity contribution in [2.75, 3.05) is 6.61 Å². The molecule has 27 heavy (non-hydrogen) atoms. The van der Waals surface area contributed by atoms with Crippen molar-refractivity contribution in [3.05, 3.63) is 12.7 Å². The third-order valence-electron chi connectivity index (χ3n) is 2.64. The van der Waals surface area contributed by atoms with Crippen LogP contribution >= 0.6 is 0 Å². The van der Waals surface area contributed by atoms with Gasteiger partial charge in [-0.15, -0.1) is 0 Å². The van der Waals surface area contributed by atoms with Gasteiger partial charge in [-0.05, 0) is 20.8 Å². The summed E-state index contributed by atoms with van der Waals surface area (Å²) in [5.74, 6) is -8.22. The Morgan fingerprint density at radius 1 is 1.15 bits per heavy atom. The summed E-state index contributed by atoms with van der Waals surface area (Å²) < 4.78 is 106. The SMILES string of the molecule is C=CC(=O)OC(OCCC(F)(F)S(=O)(=O)[O-])(C(=O)NC(C)(C)C)C(F)(F)F. The minimum atomic E-state index is -6.20. The van der Waals surface area contributed by atoms with Crippen molar-refractivity contribution in [2.24, 2.45) is 0 Å². The van der Waals surface area contributed by atoms with Gasteiger partial charge in [-0.1, -0.05) is 6.58 Å². The topological polar surface area (TPSA) is 122 Å². The highest BCUT2D eigenvalue weighted by Gasteiger charge is 2.66. The molecule has 1 amide bonds. The monoisotopic (exact) mass is 426 g/mol. The van der Waals surface area contributed by atoms with Crippen LogP contribution in [0.1, 0.15) is 27.2 Å². The van der Waals surface area contributed by atoms with E-state index in [-0.39, 0.29) is 6.08 Å². The zero-order valence-corrected chi connectivity index (χ0v) is 15.2. The van der Waals surface area contributed by atoms with Gasteiger partial charge in [-0.25, -0.2) is 13.2 Å². The van der Waals surface area contributed by atoms with Gasteiger partial charge in [0.05, 0.1) is 6.61 Å². The Kier molecular flexibility index (Phi) is 7.52. The summed E-state index contributed by atoms with van der Waals surface area (Å²) in [6.45, 7) is 4.87. The van der Waals surface area contributed by atoms with Gasteiger partial charge in [0.15, 0.2) is 10.1 Å². The smallest absolute Gasteiger partial charge is 0.466 e. The summed E-state index contributed by atoms with van der Waals surface area (Å²) in [6, 6.07) is 0. The first-order valence-corrected chi connectivity index (χ1v) is 8.42. The van der Waals surface area contributed by atoms with Gasteiger partial charge in [0.1, 0.15) is 0 Å². The van der Waals surface area contributed by atoms with Gasteiger partial charge in [0, 0.05) is 18.0 Å². The van der Waals surface area contributed by atoms with Gasteiger partial charge >= 0.3 is 29.1 Å². The first-order chi connectivity index (χ1) is 11.8. The maximum absolute atomic E-state index is 13.5. The molecule has 158 valence electrons. The van der Waals surface area contributed by atoms with Crippen LogP contribution in [0, 0.1) is 0 Å². The summed E-state index contributed by atoms with van der Waals surface area (Å²) in [5, 5.41) is -3.17. The Bertz CT molecular complexity index is 684. The summed E-state index contributed by atoms with van der Waals surface area (Å²) in [7, 11) is -6.20. The van der Waals surface area contributed by atoms with Crippen molar-refractivity contribution in [1.82, 2.24) is 5.32 Å². The number of carbonyl (C=O) groups excluding carboxylic acids is 2. The molecule has 0 aliphatic rings. The van der Waals surface area contributed by atoms with Crippen molar-refractivity contribution in [2.45, 2.75) is 49.9 Å². The molecule has 0 saturated heterocycles. The number of halogens is 5. The van der Waals surface area contributed by atoms with Crippen molar-refractivity contribution < 1.29 is 54.0 Å². The molecule has 1 unspecified atom stereocenters. The summed E-state index contributed by atoms with van der Waals surface area (Å²) >= 11 is 0. The number of amides is 1.